The Hall–Kier alpha value is -2.53. The van der Waals surface area contributed by atoms with E-state index < -0.39 is 11.7 Å². The number of phenolic OH excluding ortho intramolecular Hbond substituents is 1. The van der Waals surface area contributed by atoms with E-state index in [9.17, 15) is 15.0 Å². The molecule has 2 aromatic carbocycles. The normalized spacial score (nSPS) is 17.4. The molecule has 5 heteroatoms. The molecule has 1 atom stereocenters. The Morgan fingerprint density at radius 3 is 2.74 bits per heavy atom. The number of rotatable bonds is 1. The van der Waals surface area contributed by atoms with Crippen LogP contribution in [0.3, 0.4) is 0 Å². The quantitative estimate of drug-likeness (QED) is 0.675. The van der Waals surface area contributed by atoms with Crippen LogP contribution in [0, 0.1) is 0 Å². The minimum absolute atomic E-state index is 0.103. The van der Waals surface area contributed by atoms with Crippen molar-refractivity contribution >= 4 is 21.9 Å². The van der Waals surface area contributed by atoms with E-state index in [1.54, 1.807) is 32.0 Å². The van der Waals surface area contributed by atoms with Crippen LogP contribution in [-0.2, 0) is 6.42 Å². The lowest BCUT2D eigenvalue weighted by Gasteiger charge is -2.24. The molecule has 3 aromatic rings. The largest absolute Gasteiger partial charge is 0.507 e. The van der Waals surface area contributed by atoms with Gasteiger partial charge in [-0.05, 0) is 32.0 Å². The van der Waals surface area contributed by atoms with Crippen molar-refractivity contribution in [3.63, 3.8) is 0 Å². The summed E-state index contributed by atoms with van der Waals surface area (Å²) in [5.41, 5.74) is 0.272. The van der Waals surface area contributed by atoms with Crippen molar-refractivity contribution in [1.29, 1.82) is 0 Å². The van der Waals surface area contributed by atoms with Gasteiger partial charge in [-0.3, -0.25) is 4.79 Å². The molecule has 2 N–H and O–H groups in total. The fourth-order valence-corrected chi connectivity index (χ4v) is 3.03. The maximum absolute atomic E-state index is 12.7. The molecule has 5 nitrogen and oxygen atoms in total. The van der Waals surface area contributed by atoms with Crippen LogP contribution in [0.4, 0.5) is 0 Å². The third kappa shape index (κ3) is 2.00. The highest BCUT2D eigenvalue weighted by Gasteiger charge is 2.36. The van der Waals surface area contributed by atoms with E-state index in [-0.39, 0.29) is 16.6 Å². The zero-order valence-electron chi connectivity index (χ0n) is 12.8. The molecule has 1 aliphatic rings. The van der Waals surface area contributed by atoms with E-state index in [0.717, 1.165) is 5.56 Å². The van der Waals surface area contributed by atoms with Crippen LogP contribution in [-0.4, -0.2) is 21.9 Å². The summed E-state index contributed by atoms with van der Waals surface area (Å²) < 4.78 is 11.7. The lowest BCUT2D eigenvalue weighted by atomic mass is 9.97. The first-order valence-electron chi connectivity index (χ1n) is 7.45. The zero-order valence-corrected chi connectivity index (χ0v) is 12.8. The Bertz CT molecular complexity index is 994. The van der Waals surface area contributed by atoms with Crippen molar-refractivity contribution < 1.29 is 19.4 Å². The molecule has 0 saturated heterocycles. The van der Waals surface area contributed by atoms with Crippen LogP contribution in [0.5, 0.6) is 11.5 Å². The first kappa shape index (κ1) is 14.1. The predicted octanol–water partition coefficient (Wildman–Crippen LogP) is 2.73. The van der Waals surface area contributed by atoms with Crippen LogP contribution >= 0.6 is 0 Å². The van der Waals surface area contributed by atoms with Gasteiger partial charge >= 0.3 is 0 Å². The third-order valence-corrected chi connectivity index (χ3v) is 4.33. The molecule has 0 unspecified atom stereocenters. The highest BCUT2D eigenvalue weighted by Crippen LogP contribution is 2.39. The van der Waals surface area contributed by atoms with Crippen LogP contribution in [0.25, 0.3) is 21.9 Å². The first-order valence-corrected chi connectivity index (χ1v) is 7.45. The number of hydrogen-bond donors (Lipinski definition) is 2. The summed E-state index contributed by atoms with van der Waals surface area (Å²) in [6.07, 6.45) is 0.157. The maximum atomic E-state index is 12.7. The molecule has 0 amide bonds. The Kier molecular flexibility index (Phi) is 2.75. The Balaban J connectivity index is 2.03. The van der Waals surface area contributed by atoms with E-state index in [4.69, 9.17) is 9.15 Å². The lowest BCUT2D eigenvalue weighted by molar-refractivity contribution is -0.0227. The lowest BCUT2D eigenvalue weighted by Crippen LogP contribution is -2.39. The molecule has 1 aromatic heterocycles. The summed E-state index contributed by atoms with van der Waals surface area (Å²) in [4.78, 5) is 12.7. The second-order valence-corrected chi connectivity index (χ2v) is 6.48. The topological polar surface area (TPSA) is 79.9 Å². The molecule has 4 rings (SSSR count). The summed E-state index contributed by atoms with van der Waals surface area (Å²) in [5, 5.41) is 20.6. The average molecular weight is 312 g/mol. The van der Waals surface area contributed by atoms with Crippen molar-refractivity contribution in [3.8, 4) is 11.5 Å². The van der Waals surface area contributed by atoms with Gasteiger partial charge in [-0.15, -0.1) is 0 Å². The minimum atomic E-state index is -0.999. The van der Waals surface area contributed by atoms with Gasteiger partial charge in [-0.2, -0.15) is 0 Å². The summed E-state index contributed by atoms with van der Waals surface area (Å²) in [7, 11) is 0. The van der Waals surface area contributed by atoms with Gasteiger partial charge in [0.05, 0.1) is 11.0 Å². The number of hydrogen-bond acceptors (Lipinski definition) is 5. The SMILES string of the molecule is CC(C)(O)[C@@H]1Cc2ccc3c(=O)c4c(O)cccc4oc3c2O1. The maximum Gasteiger partial charge on any atom is 0.204 e. The summed E-state index contributed by atoms with van der Waals surface area (Å²) in [6, 6.07) is 8.21. The first-order chi connectivity index (χ1) is 10.9. The summed E-state index contributed by atoms with van der Waals surface area (Å²) in [5.74, 6) is 0.394. The fourth-order valence-electron chi connectivity index (χ4n) is 3.03. The highest BCUT2D eigenvalue weighted by atomic mass is 16.5. The fraction of sp³-hybridized carbons (Fsp3) is 0.278. The monoisotopic (exact) mass is 312 g/mol. The molecular formula is C18H16O5. The van der Waals surface area contributed by atoms with Crippen molar-refractivity contribution in [1.82, 2.24) is 0 Å². The number of ether oxygens (including phenoxy) is 1. The molecule has 0 aliphatic carbocycles. The van der Waals surface area contributed by atoms with Crippen molar-refractivity contribution in [3.05, 3.63) is 46.1 Å². The van der Waals surface area contributed by atoms with Gasteiger partial charge in [0.1, 0.15) is 22.8 Å². The second-order valence-electron chi connectivity index (χ2n) is 6.48. The molecule has 0 radical (unpaired) electrons. The van der Waals surface area contributed by atoms with Crippen LogP contribution < -0.4 is 10.2 Å². The molecule has 0 spiro atoms. The van der Waals surface area contributed by atoms with Crippen LogP contribution in [0.1, 0.15) is 19.4 Å². The smallest absolute Gasteiger partial charge is 0.204 e. The molecule has 118 valence electrons. The van der Waals surface area contributed by atoms with E-state index >= 15 is 0 Å². The molecule has 2 heterocycles. The number of phenols is 1. The van der Waals surface area contributed by atoms with Gasteiger partial charge in [-0.25, -0.2) is 0 Å². The minimum Gasteiger partial charge on any atom is -0.507 e. The van der Waals surface area contributed by atoms with E-state index in [1.165, 1.54) is 6.07 Å². The van der Waals surface area contributed by atoms with Crippen molar-refractivity contribution in [2.45, 2.75) is 32.0 Å². The number of fused-ring (bicyclic) bond motifs is 4. The average Bonchev–Trinajstić information content (AvgIpc) is 2.92. The molecule has 23 heavy (non-hydrogen) atoms. The number of aliphatic hydroxyl groups is 1. The molecule has 1 aliphatic heterocycles. The number of benzene rings is 2. The second kappa shape index (κ2) is 4.49. The molecule has 0 fully saturated rings. The van der Waals surface area contributed by atoms with Gasteiger partial charge < -0.3 is 19.4 Å². The Morgan fingerprint density at radius 1 is 1.22 bits per heavy atom. The molecule has 0 saturated carbocycles. The predicted molar refractivity (Wildman–Crippen MR) is 86.1 cm³/mol. The van der Waals surface area contributed by atoms with Gasteiger partial charge in [0.25, 0.3) is 0 Å². The van der Waals surface area contributed by atoms with Gasteiger partial charge in [0, 0.05) is 12.0 Å². The highest BCUT2D eigenvalue weighted by molar-refractivity contribution is 5.95. The summed E-state index contributed by atoms with van der Waals surface area (Å²) in [6.45, 7) is 3.38. The zero-order chi connectivity index (χ0) is 16.4. The Morgan fingerprint density at radius 2 is 2.00 bits per heavy atom. The standard InChI is InChI=1S/C18H16O5/c1-18(2,21)13-8-9-6-7-10-15(20)14-11(19)4-3-5-12(14)22-17(10)16(9)23-13/h3-7,13,19,21H,8H2,1-2H3/t13-/m0/s1. The van der Waals surface area contributed by atoms with Crippen LogP contribution in [0.15, 0.2) is 39.5 Å². The van der Waals surface area contributed by atoms with Gasteiger partial charge in [0.2, 0.25) is 5.43 Å². The van der Waals surface area contributed by atoms with Gasteiger partial charge in [-0.1, -0.05) is 12.1 Å². The Labute approximate surface area is 131 Å². The van der Waals surface area contributed by atoms with E-state index in [1.807, 2.05) is 6.07 Å². The van der Waals surface area contributed by atoms with E-state index in [2.05, 4.69) is 0 Å². The van der Waals surface area contributed by atoms with Crippen LogP contribution in [0.2, 0.25) is 0 Å². The van der Waals surface area contributed by atoms with Gasteiger partial charge in [0.15, 0.2) is 11.3 Å². The van der Waals surface area contributed by atoms with Crippen molar-refractivity contribution in [2.75, 3.05) is 0 Å². The third-order valence-electron chi connectivity index (χ3n) is 4.33. The van der Waals surface area contributed by atoms with E-state index in [0.29, 0.717) is 28.7 Å². The number of aromatic hydroxyl groups is 1. The molecule has 0 bridgehead atoms. The molecular weight excluding hydrogens is 296 g/mol. The van der Waals surface area contributed by atoms with Crippen molar-refractivity contribution in [2.24, 2.45) is 0 Å². The summed E-state index contributed by atoms with van der Waals surface area (Å²) >= 11 is 0.